The van der Waals surface area contributed by atoms with E-state index in [9.17, 15) is 14.7 Å². The lowest BCUT2D eigenvalue weighted by Crippen LogP contribution is -2.40. The van der Waals surface area contributed by atoms with E-state index < -0.39 is 6.09 Å². The van der Waals surface area contributed by atoms with Gasteiger partial charge in [-0.2, -0.15) is 5.10 Å². The summed E-state index contributed by atoms with van der Waals surface area (Å²) in [7, 11) is 1.58. The zero-order valence-corrected chi connectivity index (χ0v) is 20.3. The highest BCUT2D eigenvalue weighted by Gasteiger charge is 2.28. The zero-order chi connectivity index (χ0) is 25.9. The minimum Gasteiger partial charge on any atom is -0.497 e. The van der Waals surface area contributed by atoms with E-state index in [1.54, 1.807) is 36.1 Å². The van der Waals surface area contributed by atoms with E-state index >= 15 is 0 Å². The van der Waals surface area contributed by atoms with Crippen LogP contribution < -0.4 is 15.8 Å². The van der Waals surface area contributed by atoms with Crippen LogP contribution >= 0.6 is 0 Å². The maximum absolute atomic E-state index is 12.5. The van der Waals surface area contributed by atoms with Gasteiger partial charge in [-0.3, -0.25) is 4.79 Å². The molecular formula is C26H27N7O4. The largest absolute Gasteiger partial charge is 0.497 e. The molecule has 5 rings (SSSR count). The molecule has 4 aromatic rings. The van der Waals surface area contributed by atoms with Crippen molar-refractivity contribution in [3.63, 3.8) is 0 Å². The number of nitrogen functional groups attached to an aromatic ring is 1. The molecule has 0 unspecified atom stereocenters. The van der Waals surface area contributed by atoms with Gasteiger partial charge in [0.1, 0.15) is 23.6 Å². The van der Waals surface area contributed by atoms with E-state index in [0.717, 1.165) is 24.0 Å². The molecule has 0 radical (unpaired) electrons. The normalized spacial score (nSPS) is 15.5. The van der Waals surface area contributed by atoms with Crippen molar-refractivity contribution >= 4 is 28.9 Å². The molecule has 2 aromatic heterocycles. The molecule has 37 heavy (non-hydrogen) atoms. The van der Waals surface area contributed by atoms with Crippen LogP contribution in [0.2, 0.25) is 0 Å². The number of methoxy groups -OCH3 is 1. The Morgan fingerprint density at radius 2 is 1.89 bits per heavy atom. The summed E-state index contributed by atoms with van der Waals surface area (Å²) in [4.78, 5) is 34.0. The van der Waals surface area contributed by atoms with Gasteiger partial charge in [-0.15, -0.1) is 0 Å². The first kappa shape index (κ1) is 24.0. The highest BCUT2D eigenvalue weighted by molar-refractivity contribution is 5.98. The van der Waals surface area contributed by atoms with Crippen molar-refractivity contribution in [1.82, 2.24) is 30.0 Å². The third-order valence-electron chi connectivity index (χ3n) is 6.56. The Morgan fingerprint density at radius 3 is 2.59 bits per heavy atom. The van der Waals surface area contributed by atoms with E-state index in [0.29, 0.717) is 53.5 Å². The number of hydrogen-bond donors (Lipinski definition) is 3. The maximum atomic E-state index is 12.5. The Labute approximate surface area is 212 Å². The van der Waals surface area contributed by atoms with Crippen molar-refractivity contribution in [2.45, 2.75) is 25.4 Å². The lowest BCUT2D eigenvalue weighted by Gasteiger charge is -2.30. The second-order valence-electron chi connectivity index (χ2n) is 8.88. The van der Waals surface area contributed by atoms with Crippen molar-refractivity contribution in [1.29, 1.82) is 0 Å². The van der Waals surface area contributed by atoms with Gasteiger partial charge in [-0.1, -0.05) is 24.3 Å². The van der Waals surface area contributed by atoms with E-state index in [1.807, 2.05) is 24.3 Å². The van der Waals surface area contributed by atoms with Crippen molar-refractivity contribution in [2.24, 2.45) is 0 Å². The first-order valence-corrected chi connectivity index (χ1v) is 11.9. The molecule has 190 valence electrons. The van der Waals surface area contributed by atoms with Gasteiger partial charge < -0.3 is 25.8 Å². The Bertz CT molecular complexity index is 1430. The quantitative estimate of drug-likeness (QED) is 0.364. The van der Waals surface area contributed by atoms with Crippen molar-refractivity contribution in [3.8, 4) is 17.0 Å². The van der Waals surface area contributed by atoms with Gasteiger partial charge in [-0.05, 0) is 42.7 Å². The SMILES string of the molecule is COc1ccc(C(=O)NCc2ccc(-c3nn([C@@H]4CCCN(C(=O)O)C4)c4ncnc(N)c34)cc2)cc1. The fourth-order valence-electron chi connectivity index (χ4n) is 4.59. The molecule has 1 aliphatic rings. The molecule has 2 amide bonds. The number of nitrogens with one attached hydrogen (secondary N) is 1. The summed E-state index contributed by atoms with van der Waals surface area (Å²) in [5.41, 5.74) is 9.74. The van der Waals surface area contributed by atoms with E-state index in [4.69, 9.17) is 15.6 Å². The van der Waals surface area contributed by atoms with Crippen LogP contribution in [0.1, 0.15) is 34.8 Å². The number of carbonyl (C=O) groups excluding carboxylic acids is 1. The molecule has 0 aliphatic carbocycles. The molecule has 0 saturated carbocycles. The highest BCUT2D eigenvalue weighted by atomic mass is 16.5. The van der Waals surface area contributed by atoms with Crippen LogP contribution in [0, 0.1) is 0 Å². The summed E-state index contributed by atoms with van der Waals surface area (Å²) in [6, 6.07) is 14.4. The van der Waals surface area contributed by atoms with Gasteiger partial charge in [-0.25, -0.2) is 19.4 Å². The third-order valence-corrected chi connectivity index (χ3v) is 6.56. The average Bonchev–Trinajstić information content (AvgIpc) is 3.33. The van der Waals surface area contributed by atoms with Gasteiger partial charge in [0, 0.05) is 30.8 Å². The fraction of sp³-hybridized carbons (Fsp3) is 0.269. The molecule has 1 aliphatic heterocycles. The Balaban J connectivity index is 1.37. The van der Waals surface area contributed by atoms with E-state index in [2.05, 4.69) is 15.3 Å². The fourth-order valence-corrected chi connectivity index (χ4v) is 4.59. The van der Waals surface area contributed by atoms with Gasteiger partial charge >= 0.3 is 6.09 Å². The molecule has 1 saturated heterocycles. The predicted octanol–water partition coefficient (Wildman–Crippen LogP) is 3.33. The lowest BCUT2D eigenvalue weighted by atomic mass is 10.1. The summed E-state index contributed by atoms with van der Waals surface area (Å²) in [6.07, 6.45) is 1.98. The number of nitrogens with zero attached hydrogens (tertiary/aromatic N) is 5. The molecule has 4 N–H and O–H groups in total. The number of rotatable bonds is 6. The monoisotopic (exact) mass is 501 g/mol. The Hall–Kier alpha value is -4.67. The Kier molecular flexibility index (Phi) is 6.59. The van der Waals surface area contributed by atoms with Crippen LogP contribution in [0.5, 0.6) is 5.75 Å². The molecule has 2 aromatic carbocycles. The molecule has 0 spiro atoms. The van der Waals surface area contributed by atoms with E-state index in [-0.39, 0.29) is 11.9 Å². The smallest absolute Gasteiger partial charge is 0.407 e. The number of amides is 2. The van der Waals surface area contributed by atoms with Crippen LogP contribution in [0.3, 0.4) is 0 Å². The number of likely N-dealkylation sites (tertiary alicyclic amines) is 1. The number of aromatic nitrogens is 4. The molecule has 11 heteroatoms. The minimum atomic E-state index is -0.940. The van der Waals surface area contributed by atoms with Crippen LogP contribution in [0.15, 0.2) is 54.9 Å². The maximum Gasteiger partial charge on any atom is 0.407 e. The van der Waals surface area contributed by atoms with Crippen molar-refractivity contribution < 1.29 is 19.4 Å². The predicted molar refractivity (Wildman–Crippen MR) is 137 cm³/mol. The molecular weight excluding hydrogens is 474 g/mol. The number of fused-ring (bicyclic) bond motifs is 1. The molecule has 0 bridgehead atoms. The summed E-state index contributed by atoms with van der Waals surface area (Å²) in [5, 5.41) is 17.8. The van der Waals surface area contributed by atoms with Crippen LogP contribution in [0.4, 0.5) is 10.6 Å². The number of carboxylic acid groups (broad SMARTS) is 1. The molecule has 1 fully saturated rings. The number of carbonyl (C=O) groups is 2. The summed E-state index contributed by atoms with van der Waals surface area (Å²) < 4.78 is 6.91. The summed E-state index contributed by atoms with van der Waals surface area (Å²) in [5.74, 6) is 0.827. The second-order valence-corrected chi connectivity index (χ2v) is 8.88. The van der Waals surface area contributed by atoms with E-state index in [1.165, 1.54) is 11.2 Å². The standard InChI is InChI=1S/C26H27N7O4/c1-37-20-10-8-18(9-11-20)25(34)28-13-16-4-6-17(7-5-16)22-21-23(27)29-15-30-24(21)33(31-22)19-3-2-12-32(14-19)26(35)36/h4-11,15,19H,2-3,12-14H2,1H3,(H,28,34)(H,35,36)(H2,27,29,30)/t19-/m1/s1. The zero-order valence-electron chi connectivity index (χ0n) is 20.3. The number of hydrogen-bond acceptors (Lipinski definition) is 7. The van der Waals surface area contributed by atoms with Gasteiger partial charge in [0.25, 0.3) is 5.91 Å². The molecule has 1 atom stereocenters. The van der Waals surface area contributed by atoms with Crippen molar-refractivity contribution in [2.75, 3.05) is 25.9 Å². The first-order chi connectivity index (χ1) is 17.9. The minimum absolute atomic E-state index is 0.150. The number of piperidine rings is 1. The topological polar surface area (TPSA) is 148 Å². The Morgan fingerprint density at radius 1 is 1.14 bits per heavy atom. The first-order valence-electron chi connectivity index (χ1n) is 11.9. The number of ether oxygens (including phenoxy) is 1. The number of anilines is 1. The summed E-state index contributed by atoms with van der Waals surface area (Å²) >= 11 is 0. The lowest BCUT2D eigenvalue weighted by molar-refractivity contribution is 0.0950. The van der Waals surface area contributed by atoms with Gasteiger partial charge in [0.15, 0.2) is 5.65 Å². The molecule has 11 nitrogen and oxygen atoms in total. The molecule has 3 heterocycles. The van der Waals surface area contributed by atoms with Crippen LogP contribution in [-0.4, -0.2) is 62.0 Å². The third kappa shape index (κ3) is 4.88. The highest BCUT2D eigenvalue weighted by Crippen LogP contribution is 2.33. The summed E-state index contributed by atoms with van der Waals surface area (Å²) in [6.45, 7) is 1.20. The number of nitrogens with two attached hydrogens (primary N) is 1. The number of benzene rings is 2. The van der Waals surface area contributed by atoms with Gasteiger partial charge in [0.05, 0.1) is 18.5 Å². The van der Waals surface area contributed by atoms with Crippen LogP contribution in [0.25, 0.3) is 22.3 Å². The van der Waals surface area contributed by atoms with Crippen molar-refractivity contribution in [3.05, 3.63) is 66.0 Å². The second kappa shape index (κ2) is 10.1. The van der Waals surface area contributed by atoms with Gasteiger partial charge in [0.2, 0.25) is 0 Å². The van der Waals surface area contributed by atoms with Crippen LogP contribution in [-0.2, 0) is 6.54 Å². The average molecular weight is 502 g/mol.